The third-order valence-electron chi connectivity index (χ3n) is 8.71. The van der Waals surface area contributed by atoms with Gasteiger partial charge in [0, 0.05) is 32.0 Å². The van der Waals surface area contributed by atoms with Crippen LogP contribution < -0.4 is 0 Å². The van der Waals surface area contributed by atoms with E-state index in [0.717, 1.165) is 86.7 Å². The maximum absolute atomic E-state index is 5.35. The highest BCUT2D eigenvalue weighted by atomic mass is 32.2. The predicted octanol–water partition coefficient (Wildman–Crippen LogP) is 12.3. The monoisotopic (exact) mass is 678 g/mol. The van der Waals surface area contributed by atoms with Crippen molar-refractivity contribution in [3.63, 3.8) is 0 Å². The van der Waals surface area contributed by atoms with E-state index in [2.05, 4.69) is 180 Å². The van der Waals surface area contributed by atoms with Gasteiger partial charge in [0.2, 0.25) is 0 Å². The molecular weight excluding hydrogens is 649 g/mol. The van der Waals surface area contributed by atoms with Crippen molar-refractivity contribution in [2.24, 2.45) is 0 Å². The van der Waals surface area contributed by atoms with Gasteiger partial charge in [0.05, 0.1) is 43.6 Å². The van der Waals surface area contributed by atoms with Gasteiger partial charge >= 0.3 is 0 Å². The molecule has 8 bridgehead atoms. The molecule has 3 aromatic heterocycles. The lowest BCUT2D eigenvalue weighted by molar-refractivity contribution is 1.23. The summed E-state index contributed by atoms with van der Waals surface area (Å²) in [6, 6.07) is 50.7. The molecule has 4 nitrogen and oxygen atoms in total. The molecule has 0 radical (unpaired) electrons. The second-order valence-electron chi connectivity index (χ2n) is 12.0. The highest BCUT2D eigenvalue weighted by molar-refractivity contribution is 7.99. The van der Waals surface area contributed by atoms with Crippen molar-refractivity contribution in [3.05, 3.63) is 168 Å². The Morgan fingerprint density at radius 2 is 0.680 bits per heavy atom. The molecule has 0 fully saturated rings. The summed E-state index contributed by atoms with van der Waals surface area (Å²) in [5, 5.41) is 0. The molecule has 6 heteroatoms. The van der Waals surface area contributed by atoms with Crippen molar-refractivity contribution < 1.29 is 0 Å². The molecule has 4 aromatic carbocycles. The number of nitrogens with zero attached hydrogens (tertiary/aromatic N) is 2. The first kappa shape index (κ1) is 30.3. The molecule has 9 rings (SSSR count). The Hall–Kier alpha value is -5.82. The van der Waals surface area contributed by atoms with Crippen LogP contribution in [0.2, 0.25) is 0 Å². The van der Waals surface area contributed by atoms with Crippen molar-refractivity contribution in [2.75, 3.05) is 0 Å². The Balaban J connectivity index is 1.42. The molecule has 238 valence electrons. The zero-order valence-electron chi connectivity index (χ0n) is 26.9. The SMILES string of the molecule is C1=Cc2nc1c(Sc1ccccc1)c1ccc([nH]1)c(-c1ccccc1)c1nc(c(Sc3ccccc3)c3ccc([nH]3)c2-c2ccccc2)C=C1. The molecule has 0 saturated heterocycles. The van der Waals surface area contributed by atoms with Crippen LogP contribution in [0, 0.1) is 0 Å². The van der Waals surface area contributed by atoms with Crippen molar-refractivity contribution in [1.29, 1.82) is 0 Å². The number of benzene rings is 4. The highest BCUT2D eigenvalue weighted by Crippen LogP contribution is 2.40. The molecule has 0 aliphatic carbocycles. The van der Waals surface area contributed by atoms with E-state index in [1.54, 1.807) is 23.5 Å². The maximum Gasteiger partial charge on any atom is 0.0798 e. The molecule has 50 heavy (non-hydrogen) atoms. The minimum Gasteiger partial charge on any atom is -0.354 e. The van der Waals surface area contributed by atoms with E-state index in [1.165, 1.54) is 0 Å². The van der Waals surface area contributed by atoms with Crippen LogP contribution in [0.15, 0.2) is 165 Å². The summed E-state index contributed by atoms with van der Waals surface area (Å²) >= 11 is 3.44. The molecule has 0 amide bonds. The zero-order valence-corrected chi connectivity index (χ0v) is 28.5. The lowest BCUT2D eigenvalue weighted by Crippen LogP contribution is -1.88. The summed E-state index contributed by atoms with van der Waals surface area (Å²) in [5.41, 5.74) is 11.9. The van der Waals surface area contributed by atoms with Crippen LogP contribution in [-0.4, -0.2) is 19.9 Å². The Bertz CT molecular complexity index is 2390. The third-order valence-corrected chi connectivity index (χ3v) is 11.0. The normalized spacial score (nSPS) is 12.0. The molecule has 7 aromatic rings. The van der Waals surface area contributed by atoms with Crippen molar-refractivity contribution in [3.8, 4) is 22.3 Å². The van der Waals surface area contributed by atoms with Crippen LogP contribution in [0.25, 0.3) is 68.6 Å². The van der Waals surface area contributed by atoms with E-state index in [9.17, 15) is 0 Å². The van der Waals surface area contributed by atoms with Crippen molar-refractivity contribution >= 4 is 69.9 Å². The first-order valence-electron chi connectivity index (χ1n) is 16.5. The number of hydrogen-bond acceptors (Lipinski definition) is 4. The average molecular weight is 679 g/mol. The second-order valence-corrected chi connectivity index (χ2v) is 14.1. The van der Waals surface area contributed by atoms with E-state index >= 15 is 0 Å². The lowest BCUT2D eigenvalue weighted by Gasteiger charge is -2.06. The molecule has 0 spiro atoms. The topological polar surface area (TPSA) is 57.4 Å². The van der Waals surface area contributed by atoms with E-state index in [4.69, 9.17) is 9.97 Å². The number of H-pyrrole nitrogens is 2. The number of aromatic nitrogens is 4. The molecule has 5 heterocycles. The summed E-state index contributed by atoms with van der Waals surface area (Å²) in [6.45, 7) is 0. The van der Waals surface area contributed by atoms with Crippen LogP contribution in [0.1, 0.15) is 22.8 Å². The largest absolute Gasteiger partial charge is 0.354 e. The molecule has 2 aliphatic heterocycles. The third kappa shape index (κ3) is 5.89. The smallest absolute Gasteiger partial charge is 0.0798 e. The molecule has 0 saturated carbocycles. The summed E-state index contributed by atoms with van der Waals surface area (Å²) < 4.78 is 0. The Labute approximate surface area is 298 Å². The second kappa shape index (κ2) is 13.2. The predicted molar refractivity (Wildman–Crippen MR) is 211 cm³/mol. The van der Waals surface area contributed by atoms with Crippen LogP contribution >= 0.6 is 23.5 Å². The van der Waals surface area contributed by atoms with Gasteiger partial charge in [-0.2, -0.15) is 0 Å². The molecule has 2 aliphatic rings. The zero-order chi connectivity index (χ0) is 33.3. The van der Waals surface area contributed by atoms with Crippen LogP contribution in [0.4, 0.5) is 0 Å². The number of fused-ring (bicyclic) bond motifs is 8. The lowest BCUT2D eigenvalue weighted by atomic mass is 10.0. The maximum atomic E-state index is 5.35. The average Bonchev–Trinajstić information content (AvgIpc) is 4.01. The van der Waals surface area contributed by atoms with Crippen molar-refractivity contribution in [1.82, 2.24) is 19.9 Å². The first-order valence-corrected chi connectivity index (χ1v) is 18.1. The van der Waals surface area contributed by atoms with Gasteiger partial charge in [-0.1, -0.05) is 121 Å². The Morgan fingerprint density at radius 1 is 0.340 bits per heavy atom. The van der Waals surface area contributed by atoms with Gasteiger partial charge < -0.3 is 9.97 Å². The van der Waals surface area contributed by atoms with Crippen molar-refractivity contribution in [2.45, 2.75) is 19.6 Å². The molecule has 0 unspecified atom stereocenters. The van der Waals surface area contributed by atoms with Gasteiger partial charge in [0.1, 0.15) is 0 Å². The molecular formula is C44H30N4S2. The highest BCUT2D eigenvalue weighted by Gasteiger charge is 2.18. The van der Waals surface area contributed by atoms with Crippen LogP contribution in [0.3, 0.4) is 0 Å². The first-order chi connectivity index (χ1) is 24.8. The Morgan fingerprint density at radius 3 is 1.08 bits per heavy atom. The fourth-order valence-corrected chi connectivity index (χ4v) is 8.35. The van der Waals surface area contributed by atoms with E-state index < -0.39 is 0 Å². The van der Waals surface area contributed by atoms with E-state index in [-0.39, 0.29) is 0 Å². The summed E-state index contributed by atoms with van der Waals surface area (Å²) in [4.78, 5) is 22.7. The standard InChI is InChI=1S/C44H30N4S2/c1-5-13-29(14-6-1)41-33-21-25-37(45-33)43(49-31-17-9-3-10-18-31)39-27-23-35(47-39)42(30-15-7-2-8-16-30)36-24-28-40(48-36)44(38-26-22-34(41)46-38)50-32-19-11-4-12-20-32/h1-28,45,48H. The van der Waals surface area contributed by atoms with E-state index in [1.807, 2.05) is 0 Å². The van der Waals surface area contributed by atoms with Gasteiger partial charge in [0.25, 0.3) is 0 Å². The van der Waals surface area contributed by atoms with Gasteiger partial charge in [0.15, 0.2) is 0 Å². The summed E-state index contributed by atoms with van der Waals surface area (Å²) in [7, 11) is 0. The Kier molecular flexibility index (Phi) is 8.01. The van der Waals surface area contributed by atoms with Gasteiger partial charge in [-0.15, -0.1) is 0 Å². The fraction of sp³-hybridized carbons (Fsp3) is 0. The van der Waals surface area contributed by atoms with E-state index in [0.29, 0.717) is 0 Å². The minimum absolute atomic E-state index is 0.909. The minimum atomic E-state index is 0.909. The number of hydrogen-bond donors (Lipinski definition) is 2. The van der Waals surface area contributed by atoms with Crippen LogP contribution in [0.5, 0.6) is 0 Å². The quantitative estimate of drug-likeness (QED) is 0.184. The number of nitrogens with one attached hydrogen (secondary N) is 2. The van der Waals surface area contributed by atoms with Gasteiger partial charge in [-0.3, -0.25) is 0 Å². The van der Waals surface area contributed by atoms with Gasteiger partial charge in [-0.05, 0) is 84.0 Å². The van der Waals surface area contributed by atoms with Gasteiger partial charge in [-0.25, -0.2) is 9.97 Å². The molecule has 0 atom stereocenters. The summed E-state index contributed by atoms with van der Waals surface area (Å²) in [5.74, 6) is 0. The van der Waals surface area contributed by atoms with Crippen LogP contribution in [-0.2, 0) is 0 Å². The summed E-state index contributed by atoms with van der Waals surface area (Å²) in [6.07, 6.45) is 8.56. The number of aromatic amines is 2. The molecule has 2 N–H and O–H groups in total. The number of rotatable bonds is 6. The fourth-order valence-electron chi connectivity index (χ4n) is 6.40.